The fraction of sp³-hybridized carbons (Fsp3) is 0.550. The second kappa shape index (κ2) is 10.8. The van der Waals surface area contributed by atoms with Crippen molar-refractivity contribution in [2.45, 2.75) is 52.3 Å². The highest BCUT2D eigenvalue weighted by Crippen LogP contribution is 2.40. The van der Waals surface area contributed by atoms with Crippen molar-refractivity contribution in [2.24, 2.45) is 10.2 Å². The molecular weight excluding hydrogens is 509 g/mol. The van der Waals surface area contributed by atoms with Crippen LogP contribution in [-0.2, 0) is 21.2 Å². The Kier molecular flexibility index (Phi) is 8.30. The normalized spacial score (nSPS) is 16.4. The van der Waals surface area contributed by atoms with E-state index < -0.39 is 27.9 Å². The average molecular weight is 535 g/mol. The molecule has 1 aromatic carbocycles. The van der Waals surface area contributed by atoms with Gasteiger partial charge in [0.2, 0.25) is 15.0 Å². The molecule has 0 bridgehead atoms. The van der Waals surface area contributed by atoms with Crippen LogP contribution in [0.2, 0.25) is 0 Å². The zero-order chi connectivity index (χ0) is 25.8. The van der Waals surface area contributed by atoms with Gasteiger partial charge in [0.1, 0.15) is 5.69 Å². The van der Waals surface area contributed by atoms with Gasteiger partial charge in [-0.05, 0) is 50.8 Å². The smallest absolute Gasteiger partial charge is 0.404 e. The molecule has 2 heterocycles. The fourth-order valence-corrected chi connectivity index (χ4v) is 5.16. The second-order valence-electron chi connectivity index (χ2n) is 7.87. The second-order valence-corrected chi connectivity index (χ2v) is 10.6. The van der Waals surface area contributed by atoms with E-state index in [4.69, 9.17) is 4.74 Å². The molecule has 1 aliphatic heterocycles. The Hall–Kier alpha value is -2.81. The van der Waals surface area contributed by atoms with Gasteiger partial charge >= 0.3 is 12.1 Å². The number of carbonyl (C=O) groups is 1. The largest absolute Gasteiger partial charge is 0.460 e. The molecule has 1 aliphatic rings. The lowest BCUT2D eigenvalue weighted by Gasteiger charge is -2.36. The highest BCUT2D eigenvalue weighted by atomic mass is 32.2. The Labute approximate surface area is 204 Å². The van der Waals surface area contributed by atoms with Crippen molar-refractivity contribution in [1.82, 2.24) is 10.2 Å². The number of aromatic nitrogens is 2. The average Bonchev–Trinajstić information content (AvgIpc) is 3.23. The number of ether oxygens (including phenoxy) is 1. The summed E-state index contributed by atoms with van der Waals surface area (Å²) in [5.41, 5.74) is 1.45. The minimum absolute atomic E-state index is 0.000857. The van der Waals surface area contributed by atoms with E-state index in [2.05, 4.69) is 20.4 Å². The van der Waals surface area contributed by atoms with Crippen LogP contribution in [0.25, 0.3) is 0 Å². The summed E-state index contributed by atoms with van der Waals surface area (Å²) in [6, 6.07) is 3.24. The molecule has 192 valence electrons. The molecule has 35 heavy (non-hydrogen) atoms. The first kappa shape index (κ1) is 26.8. The molecule has 1 unspecified atom stereocenters. The lowest BCUT2D eigenvalue weighted by molar-refractivity contribution is -0.106. The molecule has 3 rings (SSSR count). The van der Waals surface area contributed by atoms with Crippen molar-refractivity contribution < 1.29 is 31.1 Å². The lowest BCUT2D eigenvalue weighted by Crippen LogP contribution is -2.37. The van der Waals surface area contributed by atoms with Gasteiger partial charge in [-0.15, -0.1) is 20.4 Å². The third-order valence-electron chi connectivity index (χ3n) is 5.10. The molecule has 0 saturated heterocycles. The number of nitrogens with zero attached hydrogens (tertiary/aromatic N) is 5. The molecule has 1 N–H and O–H groups in total. The predicted octanol–water partition coefficient (Wildman–Crippen LogP) is 4.99. The summed E-state index contributed by atoms with van der Waals surface area (Å²) in [5, 5.41) is 15.4. The maximum absolute atomic E-state index is 12.8. The highest BCUT2D eigenvalue weighted by Gasteiger charge is 2.36. The molecule has 0 aliphatic carbocycles. The summed E-state index contributed by atoms with van der Waals surface area (Å²) >= 11 is 0.818. The Balaban J connectivity index is 1.97. The summed E-state index contributed by atoms with van der Waals surface area (Å²) in [6.45, 7) is 6.65. The van der Waals surface area contributed by atoms with Crippen LogP contribution < -0.4 is 9.62 Å². The summed E-state index contributed by atoms with van der Waals surface area (Å²) < 4.78 is 69.8. The number of sulfonamides is 1. The number of esters is 1. The van der Waals surface area contributed by atoms with Gasteiger partial charge in [-0.3, -0.25) is 4.72 Å². The molecule has 0 amide bonds. The number of carbonyl (C=O) groups excluding carboxylic acids is 1. The van der Waals surface area contributed by atoms with Gasteiger partial charge in [-0.25, -0.2) is 13.2 Å². The zero-order valence-corrected chi connectivity index (χ0v) is 20.9. The van der Waals surface area contributed by atoms with Crippen LogP contribution in [-0.4, -0.2) is 55.7 Å². The number of rotatable bonds is 9. The number of anilines is 2. The first-order valence-electron chi connectivity index (χ1n) is 10.9. The number of nitrogens with one attached hydrogen (secondary N) is 1. The van der Waals surface area contributed by atoms with Crippen LogP contribution >= 0.6 is 11.3 Å². The number of benzene rings is 1. The Bertz CT molecular complexity index is 1200. The predicted molar refractivity (Wildman–Crippen MR) is 125 cm³/mol. The van der Waals surface area contributed by atoms with E-state index in [1.54, 1.807) is 6.07 Å². The minimum Gasteiger partial charge on any atom is -0.460 e. The number of aryl methyl sites for hydroxylation is 1. The third kappa shape index (κ3) is 7.10. The van der Waals surface area contributed by atoms with E-state index in [1.165, 1.54) is 6.07 Å². The number of azo groups is 1. The molecule has 0 saturated carbocycles. The van der Waals surface area contributed by atoms with E-state index in [9.17, 15) is 26.4 Å². The van der Waals surface area contributed by atoms with Crippen LogP contribution in [0.1, 0.15) is 49.0 Å². The summed E-state index contributed by atoms with van der Waals surface area (Å²) in [6.07, 6.45) is -2.76. The molecule has 0 spiro atoms. The topological polar surface area (TPSA) is 126 Å². The number of hydrogen-bond donors (Lipinski definition) is 1. The van der Waals surface area contributed by atoms with Crippen molar-refractivity contribution in [3.05, 3.63) is 22.7 Å². The Morgan fingerprint density at radius 3 is 2.69 bits per heavy atom. The Morgan fingerprint density at radius 1 is 1.29 bits per heavy atom. The van der Waals surface area contributed by atoms with Gasteiger partial charge in [0, 0.05) is 18.3 Å². The zero-order valence-electron chi connectivity index (χ0n) is 19.3. The quantitative estimate of drug-likeness (QED) is 0.355. The number of fused-ring (bicyclic) bond motifs is 1. The maximum Gasteiger partial charge on any atom is 0.404 e. The van der Waals surface area contributed by atoms with Crippen molar-refractivity contribution in [2.75, 3.05) is 28.5 Å². The summed E-state index contributed by atoms with van der Waals surface area (Å²) in [4.78, 5) is 13.9. The number of halogens is 3. The van der Waals surface area contributed by atoms with Crippen molar-refractivity contribution in [3.8, 4) is 0 Å². The lowest BCUT2D eigenvalue weighted by atomic mass is 9.95. The van der Waals surface area contributed by atoms with E-state index in [-0.39, 0.29) is 34.2 Å². The van der Waals surface area contributed by atoms with Gasteiger partial charge in [0.15, 0.2) is 5.75 Å². The van der Waals surface area contributed by atoms with Crippen molar-refractivity contribution in [1.29, 1.82) is 0 Å². The highest BCUT2D eigenvalue weighted by molar-refractivity contribution is 7.92. The van der Waals surface area contributed by atoms with Crippen LogP contribution in [0.5, 0.6) is 0 Å². The minimum atomic E-state index is -4.92. The molecule has 10 nitrogen and oxygen atoms in total. The summed E-state index contributed by atoms with van der Waals surface area (Å²) in [5.74, 6) is -2.70. The van der Waals surface area contributed by atoms with Gasteiger partial charge in [-0.1, -0.05) is 18.3 Å². The number of alkyl halides is 3. The monoisotopic (exact) mass is 534 g/mol. The van der Waals surface area contributed by atoms with E-state index in [0.717, 1.165) is 23.3 Å². The van der Waals surface area contributed by atoms with E-state index >= 15 is 0 Å². The van der Waals surface area contributed by atoms with Crippen LogP contribution in [0.15, 0.2) is 22.4 Å². The van der Waals surface area contributed by atoms with Gasteiger partial charge in [0.25, 0.3) is 5.13 Å². The van der Waals surface area contributed by atoms with Crippen LogP contribution in [0.4, 0.5) is 35.4 Å². The molecule has 15 heteroatoms. The van der Waals surface area contributed by atoms with E-state index in [0.29, 0.717) is 25.1 Å². The van der Waals surface area contributed by atoms with Crippen LogP contribution in [0, 0.1) is 0 Å². The molecule has 2 aromatic rings. The first-order chi connectivity index (χ1) is 16.4. The third-order valence-corrected chi connectivity index (χ3v) is 7.13. The molecule has 0 fully saturated rings. The number of hydrogen-bond acceptors (Lipinski definition) is 10. The van der Waals surface area contributed by atoms with E-state index in [1.807, 2.05) is 30.4 Å². The van der Waals surface area contributed by atoms with Crippen molar-refractivity contribution >= 4 is 49.5 Å². The maximum atomic E-state index is 12.8. The standard InChI is InChI=1S/C20H25F3N6O4S2/c1-4-8-33-18(30)17-25-27-19(34-17)26-24-14-9-13-7-6-12(3)29(5-2)16(13)10-15(14)28-35(31,32)11-20(21,22)23/h9-10,12,28H,4-8,11H2,1-3H3. The summed E-state index contributed by atoms with van der Waals surface area (Å²) in [7, 11) is -4.76. The van der Waals surface area contributed by atoms with Gasteiger partial charge in [0.05, 0.1) is 12.3 Å². The van der Waals surface area contributed by atoms with Crippen molar-refractivity contribution in [3.63, 3.8) is 0 Å². The van der Waals surface area contributed by atoms with Gasteiger partial charge < -0.3 is 9.64 Å². The SMILES string of the molecule is CCCOC(=O)c1nnc(N=Nc2cc3c(cc2NS(=O)(=O)CC(F)(F)F)N(CC)C(C)CC3)s1. The molecule has 1 atom stereocenters. The fourth-order valence-electron chi connectivity index (χ4n) is 3.60. The van der Waals surface area contributed by atoms with Crippen LogP contribution in [0.3, 0.4) is 0 Å². The van der Waals surface area contributed by atoms with Gasteiger partial charge in [-0.2, -0.15) is 13.2 Å². The molecule has 1 aromatic heterocycles. The first-order valence-corrected chi connectivity index (χ1v) is 13.3. The molecule has 0 radical (unpaired) electrons. The Morgan fingerprint density at radius 2 is 2.03 bits per heavy atom. The molecular formula is C20H25F3N6O4S2.